The summed E-state index contributed by atoms with van der Waals surface area (Å²) in [7, 11) is 0. The number of ether oxygens (including phenoxy) is 1. The molecule has 1 aliphatic rings. The number of fused-ring (bicyclic) bond motifs is 1. The molecule has 0 bridgehead atoms. The number of carbonyl (C=O) groups is 1. The molecule has 2 aromatic rings. The van der Waals surface area contributed by atoms with E-state index in [9.17, 15) is 15.0 Å². The zero-order valence-electron chi connectivity index (χ0n) is 16.2. The van der Waals surface area contributed by atoms with Crippen LogP contribution >= 0.6 is 11.3 Å². The molecule has 28 heavy (non-hydrogen) atoms. The van der Waals surface area contributed by atoms with E-state index in [1.165, 1.54) is 17.5 Å². The van der Waals surface area contributed by atoms with Crippen molar-refractivity contribution in [3.8, 4) is 0 Å². The normalized spacial score (nSPS) is 19.7. The molecule has 0 fully saturated rings. The molecule has 2 unspecified atom stereocenters. The predicted octanol–water partition coefficient (Wildman–Crippen LogP) is 1.29. The van der Waals surface area contributed by atoms with E-state index in [1.54, 1.807) is 0 Å². The number of rotatable bonds is 5. The number of nitrogens with one attached hydrogen (secondary N) is 2. The first-order valence-corrected chi connectivity index (χ1v) is 9.72. The molecule has 3 heterocycles. The van der Waals surface area contributed by atoms with Crippen LogP contribution in [0.2, 0.25) is 0 Å². The average Bonchev–Trinajstić information content (AvgIpc) is 3.17. The average molecular weight is 410 g/mol. The zero-order valence-corrected chi connectivity index (χ0v) is 17.1. The number of nitrogens with two attached hydrogens (primary N) is 1. The second-order valence-electron chi connectivity index (χ2n) is 8.00. The molecular weight excluding hydrogens is 384 g/mol. The van der Waals surface area contributed by atoms with E-state index in [4.69, 9.17) is 15.6 Å². The van der Waals surface area contributed by atoms with Crippen LogP contribution in [0.3, 0.4) is 0 Å². The number of nitrogens with zero attached hydrogens (tertiary/aromatic N) is 1. The Bertz CT molecular complexity index is 887. The molecule has 0 aliphatic carbocycles. The maximum atomic E-state index is 12.8. The van der Waals surface area contributed by atoms with Crippen LogP contribution in [0.15, 0.2) is 6.20 Å². The van der Waals surface area contributed by atoms with Gasteiger partial charge in [-0.1, -0.05) is 0 Å². The molecule has 0 aromatic carbocycles. The minimum atomic E-state index is -1.27. The zero-order chi connectivity index (χ0) is 20.9. The van der Waals surface area contributed by atoms with Crippen LogP contribution in [0.25, 0.3) is 0 Å². The smallest absolute Gasteiger partial charge is 0.274 e. The Morgan fingerprint density at radius 1 is 1.43 bits per heavy atom. The summed E-state index contributed by atoms with van der Waals surface area (Å²) in [6.07, 6.45) is -0.679. The number of anilines is 1. The van der Waals surface area contributed by atoms with Gasteiger partial charge in [-0.15, -0.1) is 11.3 Å². The molecule has 154 valence electrons. The quantitative estimate of drug-likeness (QED) is 0.406. The molecule has 0 saturated carbocycles. The summed E-state index contributed by atoms with van der Waals surface area (Å²) in [6.45, 7) is 7.26. The third-order valence-corrected chi connectivity index (χ3v) is 6.15. The number of aromatic amines is 1. The van der Waals surface area contributed by atoms with Gasteiger partial charge in [0.05, 0.1) is 24.0 Å². The lowest BCUT2D eigenvalue weighted by atomic mass is 9.86. The fourth-order valence-corrected chi connectivity index (χ4v) is 5.03. The van der Waals surface area contributed by atoms with Crippen molar-refractivity contribution in [2.24, 2.45) is 5.73 Å². The van der Waals surface area contributed by atoms with Crippen molar-refractivity contribution < 1.29 is 24.9 Å². The van der Waals surface area contributed by atoms with E-state index in [-0.39, 0.29) is 11.3 Å². The SMILES string of the molecule is CC1(C)Cc2c(sc(NC(=O)c3[nH]ncc3C(O)CO)c2C(N)O)C(C)(C)O1. The van der Waals surface area contributed by atoms with Crippen LogP contribution in [0.5, 0.6) is 0 Å². The predicted molar refractivity (Wildman–Crippen MR) is 104 cm³/mol. The summed E-state index contributed by atoms with van der Waals surface area (Å²) in [5.41, 5.74) is 6.31. The summed E-state index contributed by atoms with van der Waals surface area (Å²) < 4.78 is 6.18. The minimum Gasteiger partial charge on any atom is -0.393 e. The Balaban J connectivity index is 2.01. The van der Waals surface area contributed by atoms with Crippen LogP contribution in [-0.4, -0.2) is 43.6 Å². The number of aliphatic hydroxyl groups excluding tert-OH is 3. The van der Waals surface area contributed by atoms with Gasteiger partial charge >= 0.3 is 0 Å². The molecule has 3 rings (SSSR count). The largest absolute Gasteiger partial charge is 0.393 e. The standard InChI is InChI=1S/C18H26N4O5S/c1-17(2)5-8-11(14(19)25)16(28-13(8)18(3,4)27-17)21-15(26)12-9(6-20-22-12)10(24)7-23/h6,10,14,23-25H,5,7,19H2,1-4H3,(H,20,22)(H,21,26). The van der Waals surface area contributed by atoms with E-state index in [0.29, 0.717) is 17.0 Å². The van der Waals surface area contributed by atoms with Crippen LogP contribution in [0, 0.1) is 0 Å². The number of amides is 1. The summed E-state index contributed by atoms with van der Waals surface area (Å²) in [4.78, 5) is 13.7. The van der Waals surface area contributed by atoms with Gasteiger partial charge in [0.2, 0.25) is 0 Å². The van der Waals surface area contributed by atoms with Crippen molar-refractivity contribution in [1.29, 1.82) is 0 Å². The lowest BCUT2D eigenvalue weighted by Crippen LogP contribution is -2.42. The minimum absolute atomic E-state index is 0.0289. The molecule has 0 saturated heterocycles. The van der Waals surface area contributed by atoms with Gasteiger partial charge in [0.15, 0.2) is 0 Å². The van der Waals surface area contributed by atoms with E-state index in [1.807, 2.05) is 27.7 Å². The first-order chi connectivity index (χ1) is 13.0. The lowest BCUT2D eigenvalue weighted by molar-refractivity contribution is -0.136. The Labute approximate surface area is 166 Å². The molecule has 7 N–H and O–H groups in total. The number of aliphatic hydroxyl groups is 3. The highest BCUT2D eigenvalue weighted by Crippen LogP contribution is 2.49. The van der Waals surface area contributed by atoms with Crippen LogP contribution in [0.1, 0.15) is 72.1 Å². The Morgan fingerprint density at radius 3 is 2.71 bits per heavy atom. The van der Waals surface area contributed by atoms with Crippen molar-refractivity contribution in [2.45, 2.75) is 57.6 Å². The van der Waals surface area contributed by atoms with Gasteiger partial charge in [0, 0.05) is 22.4 Å². The van der Waals surface area contributed by atoms with Crippen LogP contribution < -0.4 is 11.1 Å². The number of H-pyrrole nitrogens is 1. The highest BCUT2D eigenvalue weighted by Gasteiger charge is 2.42. The third kappa shape index (κ3) is 3.71. The molecule has 10 heteroatoms. The molecule has 1 amide bonds. The molecule has 2 atom stereocenters. The highest BCUT2D eigenvalue weighted by atomic mass is 32.1. The van der Waals surface area contributed by atoms with Gasteiger partial charge in [-0.05, 0) is 33.3 Å². The number of hydrogen-bond acceptors (Lipinski definition) is 8. The summed E-state index contributed by atoms with van der Waals surface area (Å²) in [6, 6.07) is 0. The Hall–Kier alpha value is -1.82. The second-order valence-corrected chi connectivity index (χ2v) is 9.02. The van der Waals surface area contributed by atoms with E-state index < -0.39 is 36.0 Å². The first-order valence-electron chi connectivity index (χ1n) is 8.90. The molecule has 0 radical (unpaired) electrons. The van der Waals surface area contributed by atoms with E-state index in [2.05, 4.69) is 15.5 Å². The van der Waals surface area contributed by atoms with Crippen molar-refractivity contribution in [3.63, 3.8) is 0 Å². The molecular formula is C18H26N4O5S. The topological polar surface area (TPSA) is 154 Å². The summed E-state index contributed by atoms with van der Waals surface area (Å²) >= 11 is 1.30. The maximum Gasteiger partial charge on any atom is 0.274 e. The molecule has 9 nitrogen and oxygen atoms in total. The number of carbonyl (C=O) groups excluding carboxylic acids is 1. The number of aromatic nitrogens is 2. The second kappa shape index (κ2) is 7.21. The first kappa shape index (κ1) is 20.9. The van der Waals surface area contributed by atoms with Gasteiger partial charge in [0.25, 0.3) is 5.91 Å². The van der Waals surface area contributed by atoms with E-state index >= 15 is 0 Å². The maximum absolute atomic E-state index is 12.8. The van der Waals surface area contributed by atoms with Crippen LogP contribution in [0.4, 0.5) is 5.00 Å². The van der Waals surface area contributed by atoms with Gasteiger partial charge in [-0.25, -0.2) is 0 Å². The monoisotopic (exact) mass is 410 g/mol. The van der Waals surface area contributed by atoms with Gasteiger partial charge < -0.3 is 31.1 Å². The molecule has 1 aliphatic heterocycles. The van der Waals surface area contributed by atoms with Crippen LogP contribution in [-0.2, 0) is 16.8 Å². The van der Waals surface area contributed by atoms with Crippen molar-refractivity contribution >= 4 is 22.2 Å². The van der Waals surface area contributed by atoms with Gasteiger partial charge in [-0.2, -0.15) is 5.10 Å². The summed E-state index contributed by atoms with van der Waals surface area (Å²) in [5, 5.41) is 38.7. The Morgan fingerprint density at radius 2 is 2.11 bits per heavy atom. The van der Waals surface area contributed by atoms with Crippen molar-refractivity contribution in [1.82, 2.24) is 10.2 Å². The fraction of sp³-hybridized carbons (Fsp3) is 0.556. The Kier molecular flexibility index (Phi) is 5.38. The number of thiophene rings is 1. The highest BCUT2D eigenvalue weighted by molar-refractivity contribution is 7.16. The van der Waals surface area contributed by atoms with Crippen molar-refractivity contribution in [3.05, 3.63) is 33.5 Å². The van der Waals surface area contributed by atoms with Gasteiger partial charge in [-0.3, -0.25) is 9.89 Å². The third-order valence-electron chi connectivity index (χ3n) is 4.68. The lowest BCUT2D eigenvalue weighted by Gasteiger charge is -2.41. The molecule has 0 spiro atoms. The van der Waals surface area contributed by atoms with E-state index in [0.717, 1.165) is 10.4 Å². The number of hydrogen-bond donors (Lipinski definition) is 6. The van der Waals surface area contributed by atoms with Crippen molar-refractivity contribution in [2.75, 3.05) is 11.9 Å². The molecule has 2 aromatic heterocycles. The summed E-state index contributed by atoms with van der Waals surface area (Å²) in [5.74, 6) is -0.557. The fourth-order valence-electron chi connectivity index (χ4n) is 3.74. The van der Waals surface area contributed by atoms with Gasteiger partial charge in [0.1, 0.15) is 23.0 Å².